The number of anilines is 1. The molecule has 3 fully saturated rings. The van der Waals surface area contributed by atoms with Crippen LogP contribution in [0.1, 0.15) is 19.4 Å². The molecule has 3 saturated heterocycles. The molecule has 2 amide bonds. The number of nitrogens with zero attached hydrogens (tertiary/aromatic N) is 2. The average molecular weight is 553 g/mol. The first-order valence-corrected chi connectivity index (χ1v) is 13.8. The second-order valence-electron chi connectivity index (χ2n) is 9.19. The monoisotopic (exact) mass is 552 g/mol. The maximum atomic E-state index is 13.5. The zero-order valence-corrected chi connectivity index (χ0v) is 20.7. The molecule has 0 aromatic heterocycles. The predicted molar refractivity (Wildman–Crippen MR) is 115 cm³/mol. The number of imide groups is 1. The van der Waals surface area contributed by atoms with E-state index in [-0.39, 0.29) is 0 Å². The summed E-state index contributed by atoms with van der Waals surface area (Å²) in [5.41, 5.74) is -6.37. The maximum Gasteiger partial charge on any atom is 0.407 e. The SMILES string of the molecule is [C-]#[N+]c1ccc(N2C(=O)[C@@H]3[C@H](C2=O)C2(C)OC3(C)[C@@H](OS(C)(=O)=O)[C@@H]2OS(C)(=O)=O)cc1C(F)(F)F. The highest BCUT2D eigenvalue weighted by Crippen LogP contribution is 2.63. The molecule has 11 nitrogen and oxygen atoms in total. The van der Waals surface area contributed by atoms with Crippen LogP contribution in [0.15, 0.2) is 18.2 Å². The molecule has 0 spiro atoms. The first-order valence-electron chi connectivity index (χ1n) is 10.2. The van der Waals surface area contributed by atoms with Crippen molar-refractivity contribution in [1.82, 2.24) is 0 Å². The molecule has 16 heteroatoms. The molecule has 3 heterocycles. The Hall–Kier alpha value is -2.58. The molecule has 1 aromatic carbocycles. The van der Waals surface area contributed by atoms with Crippen molar-refractivity contribution in [2.75, 3.05) is 17.4 Å². The molecule has 0 radical (unpaired) electrons. The van der Waals surface area contributed by atoms with E-state index in [0.717, 1.165) is 12.1 Å². The van der Waals surface area contributed by atoms with Crippen LogP contribution in [0.2, 0.25) is 0 Å². The Bertz CT molecular complexity index is 1370. The first-order chi connectivity index (χ1) is 16.2. The Kier molecular flexibility index (Phi) is 5.67. The van der Waals surface area contributed by atoms with E-state index in [1.165, 1.54) is 13.8 Å². The number of carbonyl (C=O) groups is 2. The summed E-state index contributed by atoms with van der Waals surface area (Å²) in [7, 11) is -8.51. The van der Waals surface area contributed by atoms with Crippen LogP contribution in [0.5, 0.6) is 0 Å². The number of halogens is 3. The van der Waals surface area contributed by atoms with E-state index in [9.17, 15) is 39.6 Å². The van der Waals surface area contributed by atoms with Gasteiger partial charge in [0.1, 0.15) is 23.4 Å². The molecule has 2 unspecified atom stereocenters. The van der Waals surface area contributed by atoms with Crippen LogP contribution in [-0.4, -0.2) is 64.6 Å². The minimum absolute atomic E-state index is 0.466. The molecule has 2 bridgehead atoms. The minimum atomic E-state index is -4.96. The van der Waals surface area contributed by atoms with Gasteiger partial charge in [0.05, 0.1) is 36.5 Å². The molecule has 36 heavy (non-hydrogen) atoms. The van der Waals surface area contributed by atoms with Crippen LogP contribution in [0.4, 0.5) is 24.5 Å². The quantitative estimate of drug-likeness (QED) is 0.303. The molecule has 196 valence electrons. The third-order valence-electron chi connectivity index (χ3n) is 6.61. The summed E-state index contributed by atoms with van der Waals surface area (Å²) in [6, 6.07) is 2.31. The Morgan fingerprint density at radius 3 is 1.78 bits per heavy atom. The van der Waals surface area contributed by atoms with Crippen LogP contribution >= 0.6 is 0 Å². The molecule has 4 rings (SSSR count). The molecule has 3 aliphatic heterocycles. The predicted octanol–water partition coefficient (Wildman–Crippen LogP) is 1.61. The van der Waals surface area contributed by atoms with Crippen molar-refractivity contribution in [3.8, 4) is 0 Å². The fourth-order valence-electron chi connectivity index (χ4n) is 5.41. The Balaban J connectivity index is 1.85. The molecule has 1 aromatic rings. The van der Waals surface area contributed by atoms with Crippen LogP contribution in [0, 0.1) is 18.4 Å². The smallest absolute Gasteiger partial charge is 0.362 e. The van der Waals surface area contributed by atoms with Crippen molar-refractivity contribution in [2.24, 2.45) is 11.8 Å². The highest BCUT2D eigenvalue weighted by molar-refractivity contribution is 7.86. The fraction of sp³-hybridized carbons (Fsp3) is 0.550. The van der Waals surface area contributed by atoms with E-state index in [0.29, 0.717) is 23.5 Å². The van der Waals surface area contributed by atoms with Gasteiger partial charge < -0.3 is 4.74 Å². The van der Waals surface area contributed by atoms with Crippen molar-refractivity contribution >= 4 is 43.4 Å². The fourth-order valence-corrected chi connectivity index (χ4v) is 6.74. The zero-order valence-electron chi connectivity index (χ0n) is 19.1. The summed E-state index contributed by atoms with van der Waals surface area (Å²) in [5, 5.41) is 0. The van der Waals surface area contributed by atoms with Gasteiger partial charge in [-0.05, 0) is 26.0 Å². The molecular formula is C20H19F3N2O9S2. The summed E-state index contributed by atoms with van der Waals surface area (Å²) in [6.45, 7) is 9.45. The number of alkyl halides is 3. The van der Waals surface area contributed by atoms with Crippen molar-refractivity contribution in [1.29, 1.82) is 0 Å². The summed E-state index contributed by atoms with van der Waals surface area (Å²) in [4.78, 5) is 30.3. The van der Waals surface area contributed by atoms with Gasteiger partial charge in [-0.1, -0.05) is 6.07 Å². The van der Waals surface area contributed by atoms with Gasteiger partial charge in [0.2, 0.25) is 11.8 Å². The largest absolute Gasteiger partial charge is 0.407 e. The summed E-state index contributed by atoms with van der Waals surface area (Å²) < 4.78 is 104. The Morgan fingerprint density at radius 1 is 0.972 bits per heavy atom. The van der Waals surface area contributed by atoms with Gasteiger partial charge >= 0.3 is 6.18 Å². The van der Waals surface area contributed by atoms with Crippen LogP contribution < -0.4 is 4.90 Å². The molecule has 6 atom stereocenters. The second kappa shape index (κ2) is 7.71. The number of hydrogen-bond donors (Lipinski definition) is 0. The lowest BCUT2D eigenvalue weighted by molar-refractivity contribution is -0.137. The Labute approximate surface area is 204 Å². The summed E-state index contributed by atoms with van der Waals surface area (Å²) in [6.07, 6.45) is -6.95. The van der Waals surface area contributed by atoms with Gasteiger partial charge in [0.25, 0.3) is 20.2 Å². The van der Waals surface area contributed by atoms with Gasteiger partial charge in [-0.3, -0.25) is 18.0 Å². The number of rotatable bonds is 5. The molecule has 0 saturated carbocycles. The highest BCUT2D eigenvalue weighted by atomic mass is 32.2. The molecular weight excluding hydrogens is 533 g/mol. The number of fused-ring (bicyclic) bond motifs is 5. The minimum Gasteiger partial charge on any atom is -0.362 e. The third kappa shape index (κ3) is 3.89. The van der Waals surface area contributed by atoms with E-state index < -0.39 is 90.4 Å². The Morgan fingerprint density at radius 2 is 1.42 bits per heavy atom. The van der Waals surface area contributed by atoms with Gasteiger partial charge in [-0.25, -0.2) is 9.74 Å². The number of ether oxygens (including phenoxy) is 1. The number of amides is 2. The first kappa shape index (κ1) is 26.5. The lowest BCUT2D eigenvalue weighted by Gasteiger charge is -2.39. The lowest BCUT2D eigenvalue weighted by Crippen LogP contribution is -2.60. The van der Waals surface area contributed by atoms with Crippen molar-refractivity contribution < 1.29 is 52.7 Å². The van der Waals surface area contributed by atoms with E-state index in [1.54, 1.807) is 0 Å². The van der Waals surface area contributed by atoms with E-state index in [1.807, 2.05) is 0 Å². The van der Waals surface area contributed by atoms with E-state index in [2.05, 4.69) is 4.85 Å². The van der Waals surface area contributed by atoms with Gasteiger partial charge in [0.15, 0.2) is 5.69 Å². The van der Waals surface area contributed by atoms with Crippen LogP contribution in [0.25, 0.3) is 4.85 Å². The van der Waals surface area contributed by atoms with Gasteiger partial charge in [-0.15, -0.1) is 0 Å². The third-order valence-corrected chi connectivity index (χ3v) is 7.72. The van der Waals surface area contributed by atoms with Crippen LogP contribution in [0.3, 0.4) is 0 Å². The summed E-state index contributed by atoms with van der Waals surface area (Å²) in [5.74, 6) is -4.87. The number of hydrogen-bond acceptors (Lipinski definition) is 9. The molecule has 0 N–H and O–H groups in total. The standard InChI is InChI=1S/C20H19F3N2O9S2/c1-18-12-13(19(2,34-18)15(33-36(5,30)31)14(18)32-35(4,28)29)17(27)25(16(12)26)9-6-7-11(24-3)10(8-9)20(21,22)23/h6-8,12-15H,1-2,4-5H3/t12-,13+,14-,15-,18?,19?/m0/s1. The second-order valence-corrected chi connectivity index (χ2v) is 12.4. The van der Waals surface area contributed by atoms with E-state index in [4.69, 9.17) is 19.7 Å². The van der Waals surface area contributed by atoms with E-state index >= 15 is 0 Å². The normalized spacial score (nSPS) is 34.2. The molecule has 3 aliphatic rings. The average Bonchev–Trinajstić information content (AvgIpc) is 3.20. The van der Waals surface area contributed by atoms with Crippen molar-refractivity contribution in [2.45, 2.75) is 43.4 Å². The van der Waals surface area contributed by atoms with Crippen molar-refractivity contribution in [3.63, 3.8) is 0 Å². The van der Waals surface area contributed by atoms with Gasteiger partial charge in [-0.2, -0.15) is 30.0 Å². The molecule has 0 aliphatic carbocycles. The topological polar surface area (TPSA) is 138 Å². The number of carbonyl (C=O) groups excluding carboxylic acids is 2. The number of benzene rings is 1. The van der Waals surface area contributed by atoms with Crippen LogP contribution in [-0.2, 0) is 49.1 Å². The van der Waals surface area contributed by atoms with Crippen molar-refractivity contribution in [3.05, 3.63) is 35.2 Å². The van der Waals surface area contributed by atoms with Gasteiger partial charge in [0, 0.05) is 5.69 Å². The maximum absolute atomic E-state index is 13.5. The highest BCUT2D eigenvalue weighted by Gasteiger charge is 2.81. The zero-order chi connectivity index (χ0) is 27.2. The lowest BCUT2D eigenvalue weighted by atomic mass is 9.66. The summed E-state index contributed by atoms with van der Waals surface area (Å²) >= 11 is 0.